The van der Waals surface area contributed by atoms with Crippen molar-refractivity contribution in [2.24, 2.45) is 0 Å². The number of nitrogens with zero attached hydrogens (tertiary/aromatic N) is 1. The first-order valence-corrected chi connectivity index (χ1v) is 4.57. The number of nitrogens with one attached hydrogen (secondary N) is 1. The summed E-state index contributed by atoms with van der Waals surface area (Å²) in [7, 11) is 0. The summed E-state index contributed by atoms with van der Waals surface area (Å²) in [6, 6.07) is 3.79. The van der Waals surface area contributed by atoms with E-state index >= 15 is 0 Å². The molecule has 0 amide bonds. The summed E-state index contributed by atoms with van der Waals surface area (Å²) in [6.07, 6.45) is 0. The number of halogens is 1. The molecule has 0 unspecified atom stereocenters. The number of hydrogen-bond donors (Lipinski definition) is 2. The first kappa shape index (κ1) is 10.4. The fraction of sp³-hybridized carbons (Fsp3) is 0. The lowest BCUT2D eigenvalue weighted by Gasteiger charge is -1.95. The number of hydrogen-bond acceptors (Lipinski definition) is 3. The average molecular weight is 241 g/mol. The molecule has 0 saturated carbocycles. The van der Waals surface area contributed by atoms with E-state index in [0.29, 0.717) is 0 Å². The molecule has 0 aliphatic heterocycles. The molecule has 6 nitrogen and oxygen atoms in total. The Morgan fingerprint density at radius 2 is 2.19 bits per heavy atom. The third-order valence-corrected chi connectivity index (χ3v) is 2.46. The van der Waals surface area contributed by atoms with Gasteiger partial charge in [0, 0.05) is 6.07 Å². The predicted octanol–water partition coefficient (Wildman–Crippen LogP) is 2.43. The van der Waals surface area contributed by atoms with Crippen LogP contribution in [0.15, 0.2) is 18.2 Å². The lowest BCUT2D eigenvalue weighted by Crippen LogP contribution is -1.94. The van der Waals surface area contributed by atoms with Gasteiger partial charge in [-0.2, -0.15) is 0 Å². The quantitative estimate of drug-likeness (QED) is 0.622. The zero-order valence-electron chi connectivity index (χ0n) is 7.73. The molecule has 16 heavy (non-hydrogen) atoms. The largest absolute Gasteiger partial charge is 0.477 e. The van der Waals surface area contributed by atoms with Crippen molar-refractivity contribution >= 4 is 34.2 Å². The highest BCUT2D eigenvalue weighted by Crippen LogP contribution is 2.31. The molecule has 1 heterocycles. The Hall–Kier alpha value is -2.08. The smallest absolute Gasteiger partial charge is 0.352 e. The number of aromatic carboxylic acids is 1. The SMILES string of the molecule is O=C(O)c1cc2c([N+](=O)[O-])ccc(Cl)c2[nH]1. The van der Waals surface area contributed by atoms with Crippen molar-refractivity contribution < 1.29 is 14.8 Å². The fourth-order valence-corrected chi connectivity index (χ4v) is 1.66. The molecule has 0 fully saturated rings. The van der Waals surface area contributed by atoms with Crippen LogP contribution in [-0.2, 0) is 0 Å². The predicted molar refractivity (Wildman–Crippen MR) is 56.9 cm³/mol. The molecule has 2 rings (SSSR count). The van der Waals surface area contributed by atoms with Gasteiger partial charge in [-0.3, -0.25) is 10.1 Å². The molecule has 0 bridgehead atoms. The summed E-state index contributed by atoms with van der Waals surface area (Å²) < 4.78 is 0. The lowest BCUT2D eigenvalue weighted by atomic mass is 10.2. The molecule has 0 aliphatic rings. The minimum atomic E-state index is -1.19. The van der Waals surface area contributed by atoms with Crippen molar-refractivity contribution in [3.63, 3.8) is 0 Å². The number of carboxylic acids is 1. The van der Waals surface area contributed by atoms with Gasteiger partial charge in [0.15, 0.2) is 0 Å². The van der Waals surface area contributed by atoms with Crippen LogP contribution in [0.2, 0.25) is 5.02 Å². The summed E-state index contributed by atoms with van der Waals surface area (Å²) in [4.78, 5) is 23.4. The highest BCUT2D eigenvalue weighted by Gasteiger charge is 2.18. The second-order valence-corrected chi connectivity index (χ2v) is 3.51. The number of fused-ring (bicyclic) bond motifs is 1. The molecule has 82 valence electrons. The minimum absolute atomic E-state index is 0.133. The van der Waals surface area contributed by atoms with Crippen LogP contribution in [-0.4, -0.2) is 21.0 Å². The minimum Gasteiger partial charge on any atom is -0.477 e. The van der Waals surface area contributed by atoms with E-state index in [4.69, 9.17) is 16.7 Å². The Bertz CT molecular complexity index is 605. The van der Waals surface area contributed by atoms with Crippen LogP contribution in [0.5, 0.6) is 0 Å². The van der Waals surface area contributed by atoms with Crippen LogP contribution in [0.1, 0.15) is 10.5 Å². The van der Waals surface area contributed by atoms with Gasteiger partial charge in [-0.25, -0.2) is 4.79 Å². The first-order chi connectivity index (χ1) is 7.50. The van der Waals surface area contributed by atoms with E-state index < -0.39 is 10.9 Å². The monoisotopic (exact) mass is 240 g/mol. The van der Waals surface area contributed by atoms with E-state index in [-0.39, 0.29) is 27.3 Å². The molecule has 0 aliphatic carbocycles. The zero-order chi connectivity index (χ0) is 11.9. The number of aromatic amines is 1. The standard InChI is InChI=1S/C9H5ClN2O4/c10-5-1-2-7(12(15)16)4-3-6(9(13)14)11-8(4)5/h1-3,11H,(H,13,14). The molecule has 1 aromatic carbocycles. The summed E-state index contributed by atoms with van der Waals surface area (Å²) in [5.41, 5.74) is -0.0531. The van der Waals surface area contributed by atoms with Gasteiger partial charge in [0.2, 0.25) is 0 Å². The Morgan fingerprint density at radius 1 is 1.50 bits per heavy atom. The number of carbonyl (C=O) groups is 1. The van der Waals surface area contributed by atoms with Crippen LogP contribution >= 0.6 is 11.6 Å². The van der Waals surface area contributed by atoms with E-state index in [1.807, 2.05) is 0 Å². The third-order valence-electron chi connectivity index (χ3n) is 2.15. The van der Waals surface area contributed by atoms with Crippen molar-refractivity contribution in [3.8, 4) is 0 Å². The van der Waals surface area contributed by atoms with E-state index in [1.165, 1.54) is 18.2 Å². The molecule has 0 spiro atoms. The van der Waals surface area contributed by atoms with E-state index in [1.54, 1.807) is 0 Å². The normalized spacial score (nSPS) is 10.6. The average Bonchev–Trinajstić information content (AvgIpc) is 2.62. The molecular weight excluding hydrogens is 236 g/mol. The van der Waals surface area contributed by atoms with Gasteiger partial charge in [-0.05, 0) is 12.1 Å². The van der Waals surface area contributed by atoms with Crippen molar-refractivity contribution in [2.75, 3.05) is 0 Å². The van der Waals surface area contributed by atoms with Crippen molar-refractivity contribution in [3.05, 3.63) is 39.0 Å². The highest BCUT2D eigenvalue weighted by molar-refractivity contribution is 6.35. The maximum atomic E-state index is 10.7. The van der Waals surface area contributed by atoms with Crippen LogP contribution in [0.25, 0.3) is 10.9 Å². The van der Waals surface area contributed by atoms with Gasteiger partial charge < -0.3 is 10.1 Å². The lowest BCUT2D eigenvalue weighted by molar-refractivity contribution is -0.383. The van der Waals surface area contributed by atoms with Gasteiger partial charge in [0.05, 0.1) is 20.8 Å². The number of aromatic nitrogens is 1. The Kier molecular flexibility index (Phi) is 2.28. The Morgan fingerprint density at radius 3 is 2.75 bits per heavy atom. The van der Waals surface area contributed by atoms with E-state index in [9.17, 15) is 14.9 Å². The molecule has 0 radical (unpaired) electrons. The molecule has 0 atom stereocenters. The molecule has 0 saturated heterocycles. The summed E-state index contributed by atoms with van der Waals surface area (Å²) >= 11 is 5.80. The van der Waals surface area contributed by atoms with Crippen molar-refractivity contribution in [1.29, 1.82) is 0 Å². The number of nitro groups is 1. The summed E-state index contributed by atoms with van der Waals surface area (Å²) in [5.74, 6) is -1.19. The topological polar surface area (TPSA) is 96.2 Å². The summed E-state index contributed by atoms with van der Waals surface area (Å²) in [6.45, 7) is 0. The van der Waals surface area contributed by atoms with Crippen LogP contribution in [0, 0.1) is 10.1 Å². The zero-order valence-corrected chi connectivity index (χ0v) is 8.49. The van der Waals surface area contributed by atoms with E-state index in [2.05, 4.69) is 4.98 Å². The molecule has 1 aromatic heterocycles. The second-order valence-electron chi connectivity index (χ2n) is 3.10. The van der Waals surface area contributed by atoms with Gasteiger partial charge in [-0.1, -0.05) is 11.6 Å². The van der Waals surface area contributed by atoms with Crippen LogP contribution < -0.4 is 0 Å². The number of H-pyrrole nitrogens is 1. The molecule has 2 N–H and O–H groups in total. The van der Waals surface area contributed by atoms with Crippen LogP contribution in [0.3, 0.4) is 0 Å². The van der Waals surface area contributed by atoms with Gasteiger partial charge >= 0.3 is 5.97 Å². The van der Waals surface area contributed by atoms with Gasteiger partial charge in [-0.15, -0.1) is 0 Å². The maximum absolute atomic E-state index is 10.7. The first-order valence-electron chi connectivity index (χ1n) is 4.19. The Labute approximate surface area is 93.6 Å². The molecular formula is C9H5ClN2O4. The van der Waals surface area contributed by atoms with Gasteiger partial charge in [0.1, 0.15) is 5.69 Å². The van der Waals surface area contributed by atoms with Crippen molar-refractivity contribution in [2.45, 2.75) is 0 Å². The Balaban J connectivity index is 2.82. The van der Waals surface area contributed by atoms with Crippen molar-refractivity contribution in [1.82, 2.24) is 4.98 Å². The summed E-state index contributed by atoms with van der Waals surface area (Å²) in [5, 5.41) is 19.9. The highest BCUT2D eigenvalue weighted by atomic mass is 35.5. The number of carboxylic acid groups (broad SMARTS) is 1. The second kappa shape index (κ2) is 3.49. The number of nitro benzene ring substituents is 1. The fourth-order valence-electron chi connectivity index (χ4n) is 1.44. The number of non-ortho nitro benzene ring substituents is 1. The maximum Gasteiger partial charge on any atom is 0.352 e. The third kappa shape index (κ3) is 1.49. The molecule has 2 aromatic rings. The van der Waals surface area contributed by atoms with E-state index in [0.717, 1.165) is 0 Å². The van der Waals surface area contributed by atoms with Crippen LogP contribution in [0.4, 0.5) is 5.69 Å². The number of benzene rings is 1. The van der Waals surface area contributed by atoms with Gasteiger partial charge in [0.25, 0.3) is 5.69 Å². The molecule has 7 heteroatoms. The number of rotatable bonds is 2.